The van der Waals surface area contributed by atoms with Crippen LogP contribution in [0.3, 0.4) is 0 Å². The predicted octanol–water partition coefficient (Wildman–Crippen LogP) is 4.99. The maximum absolute atomic E-state index is 10.5. The maximum atomic E-state index is 10.5. The molecule has 19 heavy (non-hydrogen) atoms. The molecule has 1 N–H and O–H groups in total. The lowest BCUT2D eigenvalue weighted by Crippen LogP contribution is -2.22. The summed E-state index contributed by atoms with van der Waals surface area (Å²) in [6.07, 6.45) is 0. The van der Waals surface area contributed by atoms with Gasteiger partial charge in [0.25, 0.3) is 0 Å². The fraction of sp³-hybridized carbons (Fsp3) is 0.333. The molecule has 1 heteroatoms. The molecule has 2 aromatic rings. The molecular weight excluding hydrogens is 232 g/mol. The normalized spacial score (nSPS) is 9.58. The van der Waals surface area contributed by atoms with E-state index in [9.17, 15) is 5.11 Å². The van der Waals surface area contributed by atoms with Gasteiger partial charge in [0.15, 0.2) is 0 Å². The summed E-state index contributed by atoms with van der Waals surface area (Å²) in [5.41, 5.74) is 0.912. The smallest absolute Gasteiger partial charge is 0.112 e. The number of benzene rings is 2. The Bertz CT molecular complexity index is 376. The molecule has 2 aromatic carbocycles. The van der Waals surface area contributed by atoms with E-state index >= 15 is 0 Å². The van der Waals surface area contributed by atoms with E-state index in [1.54, 1.807) is 0 Å². The molecule has 0 amide bonds. The zero-order valence-electron chi connectivity index (χ0n) is 12.7. The number of hydrogen-bond acceptors (Lipinski definition) is 1. The van der Waals surface area contributed by atoms with E-state index in [1.807, 2.05) is 95.3 Å². The minimum Gasteiger partial charge on any atom is -0.381 e. The predicted molar refractivity (Wildman–Crippen MR) is 84.3 cm³/mol. The van der Waals surface area contributed by atoms with Crippen molar-refractivity contribution in [2.45, 2.75) is 40.2 Å². The Hall–Kier alpha value is -1.60. The third-order valence-corrected chi connectivity index (χ3v) is 2.67. The van der Waals surface area contributed by atoms with E-state index in [-0.39, 0.29) is 0 Å². The van der Waals surface area contributed by atoms with E-state index in [0.29, 0.717) is 0 Å². The van der Waals surface area contributed by atoms with Crippen molar-refractivity contribution in [2.24, 2.45) is 0 Å². The van der Waals surface area contributed by atoms with Crippen molar-refractivity contribution in [3.8, 4) is 0 Å². The van der Waals surface area contributed by atoms with Crippen LogP contribution in [0.25, 0.3) is 0 Å². The Morgan fingerprint density at radius 2 is 0.895 bits per heavy atom. The molecule has 2 rings (SSSR count). The highest BCUT2D eigenvalue weighted by atomic mass is 16.3. The highest BCUT2D eigenvalue weighted by Gasteiger charge is 2.24. The fourth-order valence-corrected chi connectivity index (χ4v) is 1.69. The van der Waals surface area contributed by atoms with E-state index in [0.717, 1.165) is 11.1 Å². The first-order valence-electron chi connectivity index (χ1n) is 7.04. The van der Waals surface area contributed by atoms with Crippen molar-refractivity contribution >= 4 is 0 Å². The van der Waals surface area contributed by atoms with Crippen LogP contribution in [-0.4, -0.2) is 5.11 Å². The summed E-state index contributed by atoms with van der Waals surface area (Å²) >= 11 is 0. The molecule has 104 valence electrons. The van der Waals surface area contributed by atoms with Gasteiger partial charge in [0.1, 0.15) is 5.60 Å². The Balaban J connectivity index is 0.000000741. The van der Waals surface area contributed by atoms with Gasteiger partial charge in [0, 0.05) is 0 Å². The SMILES string of the molecule is CC.CC.CC(O)(c1ccccc1)c1ccccc1. The minimum absolute atomic E-state index is 0.913. The quantitative estimate of drug-likeness (QED) is 0.804. The molecule has 0 fully saturated rings. The Morgan fingerprint density at radius 3 is 1.16 bits per heavy atom. The second kappa shape index (κ2) is 9.35. The average Bonchev–Trinajstić information content (AvgIpc) is 2.53. The molecule has 0 heterocycles. The van der Waals surface area contributed by atoms with Crippen LogP contribution < -0.4 is 0 Å². The molecular formula is C18H26O. The van der Waals surface area contributed by atoms with Gasteiger partial charge < -0.3 is 5.11 Å². The summed E-state index contributed by atoms with van der Waals surface area (Å²) in [4.78, 5) is 0. The molecule has 0 spiro atoms. The van der Waals surface area contributed by atoms with Crippen LogP contribution >= 0.6 is 0 Å². The Morgan fingerprint density at radius 1 is 0.632 bits per heavy atom. The first-order valence-corrected chi connectivity index (χ1v) is 7.04. The zero-order chi connectivity index (χ0) is 14.7. The lowest BCUT2D eigenvalue weighted by atomic mass is 9.88. The molecule has 0 aliphatic carbocycles. The van der Waals surface area contributed by atoms with Gasteiger partial charge in [0.05, 0.1) is 0 Å². The highest BCUT2D eigenvalue weighted by molar-refractivity contribution is 5.34. The highest BCUT2D eigenvalue weighted by Crippen LogP contribution is 2.28. The standard InChI is InChI=1S/C14H14O.2C2H6/c1-14(15,12-8-4-2-5-9-12)13-10-6-3-7-11-13;2*1-2/h2-11,15H,1H3;2*1-2H3. The van der Waals surface area contributed by atoms with Crippen molar-refractivity contribution in [3.05, 3.63) is 71.8 Å². The van der Waals surface area contributed by atoms with Crippen LogP contribution in [-0.2, 0) is 5.60 Å². The largest absolute Gasteiger partial charge is 0.381 e. The van der Waals surface area contributed by atoms with Crippen LogP contribution in [0.2, 0.25) is 0 Å². The van der Waals surface area contributed by atoms with Crippen molar-refractivity contribution < 1.29 is 5.11 Å². The van der Waals surface area contributed by atoms with Crippen LogP contribution in [0.1, 0.15) is 45.7 Å². The molecule has 0 unspecified atom stereocenters. The summed E-state index contributed by atoms with van der Waals surface area (Å²) in [7, 11) is 0. The number of rotatable bonds is 2. The van der Waals surface area contributed by atoms with Gasteiger partial charge >= 0.3 is 0 Å². The number of aliphatic hydroxyl groups is 1. The van der Waals surface area contributed by atoms with Crippen molar-refractivity contribution in [3.63, 3.8) is 0 Å². The van der Waals surface area contributed by atoms with Crippen LogP contribution in [0, 0.1) is 0 Å². The van der Waals surface area contributed by atoms with Crippen molar-refractivity contribution in [1.82, 2.24) is 0 Å². The van der Waals surface area contributed by atoms with Gasteiger partial charge in [0.2, 0.25) is 0 Å². The molecule has 0 bridgehead atoms. The molecule has 0 saturated carbocycles. The second-order valence-corrected chi connectivity index (χ2v) is 3.80. The minimum atomic E-state index is -0.914. The Labute approximate surface area is 117 Å². The summed E-state index contributed by atoms with van der Waals surface area (Å²) in [6.45, 7) is 9.82. The summed E-state index contributed by atoms with van der Waals surface area (Å²) in [5, 5.41) is 10.5. The lowest BCUT2D eigenvalue weighted by Gasteiger charge is -2.24. The van der Waals surface area contributed by atoms with E-state index in [4.69, 9.17) is 0 Å². The van der Waals surface area contributed by atoms with E-state index in [1.165, 1.54) is 0 Å². The topological polar surface area (TPSA) is 20.2 Å². The number of hydrogen-bond donors (Lipinski definition) is 1. The second-order valence-electron chi connectivity index (χ2n) is 3.80. The van der Waals surface area contributed by atoms with Gasteiger partial charge in [-0.2, -0.15) is 0 Å². The molecule has 0 aliphatic rings. The third kappa shape index (κ3) is 4.88. The van der Waals surface area contributed by atoms with Gasteiger partial charge in [-0.3, -0.25) is 0 Å². The van der Waals surface area contributed by atoms with E-state index < -0.39 is 5.60 Å². The average molecular weight is 258 g/mol. The Kier molecular flexibility index (Phi) is 8.56. The van der Waals surface area contributed by atoms with Gasteiger partial charge in [-0.25, -0.2) is 0 Å². The summed E-state index contributed by atoms with van der Waals surface area (Å²) < 4.78 is 0. The first kappa shape index (κ1) is 17.4. The first-order chi connectivity index (χ1) is 9.21. The van der Waals surface area contributed by atoms with Gasteiger partial charge in [-0.05, 0) is 18.1 Å². The van der Waals surface area contributed by atoms with Crippen LogP contribution in [0.5, 0.6) is 0 Å². The van der Waals surface area contributed by atoms with Gasteiger partial charge in [-0.1, -0.05) is 88.4 Å². The summed E-state index contributed by atoms with van der Waals surface area (Å²) in [6, 6.07) is 19.4. The molecule has 0 radical (unpaired) electrons. The van der Waals surface area contributed by atoms with Crippen LogP contribution in [0.15, 0.2) is 60.7 Å². The van der Waals surface area contributed by atoms with Crippen LogP contribution in [0.4, 0.5) is 0 Å². The molecule has 1 nitrogen and oxygen atoms in total. The van der Waals surface area contributed by atoms with Crippen molar-refractivity contribution in [1.29, 1.82) is 0 Å². The van der Waals surface area contributed by atoms with Crippen molar-refractivity contribution in [2.75, 3.05) is 0 Å². The monoisotopic (exact) mass is 258 g/mol. The lowest BCUT2D eigenvalue weighted by molar-refractivity contribution is 0.102. The molecule has 0 aliphatic heterocycles. The fourth-order valence-electron chi connectivity index (χ4n) is 1.69. The third-order valence-electron chi connectivity index (χ3n) is 2.67. The zero-order valence-corrected chi connectivity index (χ0v) is 12.7. The molecule has 0 aromatic heterocycles. The summed E-state index contributed by atoms with van der Waals surface area (Å²) in [5.74, 6) is 0. The van der Waals surface area contributed by atoms with E-state index in [2.05, 4.69) is 0 Å². The molecule has 0 saturated heterocycles. The maximum Gasteiger partial charge on any atom is 0.112 e. The van der Waals surface area contributed by atoms with Gasteiger partial charge in [-0.15, -0.1) is 0 Å². The molecule has 0 atom stereocenters.